The van der Waals surface area contributed by atoms with E-state index in [2.05, 4.69) is 14.9 Å². The molecule has 3 heterocycles. The molecule has 122 valence electrons. The number of aromatic nitrogens is 2. The van der Waals surface area contributed by atoms with Gasteiger partial charge in [-0.25, -0.2) is 4.98 Å². The largest absolute Gasteiger partial charge is 0.300 e. The van der Waals surface area contributed by atoms with Crippen LogP contribution in [0.4, 0.5) is 0 Å². The zero-order chi connectivity index (χ0) is 16.1. The standard InChI is InChI=1S/C18H23N3OS/c1-14(22)5-6-15-7-10-21(11-8-15)13-16-12-20-18(23-16)17-4-2-3-9-19-17/h2-4,9,12,15H,5-8,10-11,13H2,1H3. The monoisotopic (exact) mass is 329 g/mol. The Balaban J connectivity index is 1.50. The number of ketones is 1. The molecule has 23 heavy (non-hydrogen) atoms. The molecular formula is C18H23N3OS. The Morgan fingerprint density at radius 1 is 1.30 bits per heavy atom. The molecule has 0 N–H and O–H groups in total. The highest BCUT2D eigenvalue weighted by Gasteiger charge is 2.20. The lowest BCUT2D eigenvalue weighted by atomic mass is 9.91. The summed E-state index contributed by atoms with van der Waals surface area (Å²) in [4.78, 5) is 23.8. The molecule has 0 aliphatic carbocycles. The van der Waals surface area contributed by atoms with Crippen molar-refractivity contribution in [2.45, 2.75) is 39.2 Å². The van der Waals surface area contributed by atoms with Crippen molar-refractivity contribution < 1.29 is 4.79 Å². The normalized spacial score (nSPS) is 16.6. The highest BCUT2D eigenvalue weighted by Crippen LogP contribution is 2.27. The van der Waals surface area contributed by atoms with Crippen LogP contribution in [-0.4, -0.2) is 33.7 Å². The summed E-state index contributed by atoms with van der Waals surface area (Å²) in [5.41, 5.74) is 0.951. The van der Waals surface area contributed by atoms with Crippen LogP contribution in [0, 0.1) is 5.92 Å². The molecular weight excluding hydrogens is 306 g/mol. The maximum absolute atomic E-state index is 11.1. The summed E-state index contributed by atoms with van der Waals surface area (Å²) >= 11 is 1.73. The number of nitrogens with zero attached hydrogens (tertiary/aromatic N) is 3. The maximum Gasteiger partial charge on any atom is 0.142 e. The van der Waals surface area contributed by atoms with Gasteiger partial charge in [-0.05, 0) is 57.3 Å². The van der Waals surface area contributed by atoms with Gasteiger partial charge in [-0.2, -0.15) is 0 Å². The molecule has 1 aliphatic rings. The fourth-order valence-electron chi connectivity index (χ4n) is 3.05. The van der Waals surface area contributed by atoms with Crippen LogP contribution in [0.25, 0.3) is 10.7 Å². The van der Waals surface area contributed by atoms with Crippen molar-refractivity contribution in [3.05, 3.63) is 35.5 Å². The van der Waals surface area contributed by atoms with Gasteiger partial charge in [0.25, 0.3) is 0 Å². The molecule has 2 aromatic rings. The topological polar surface area (TPSA) is 46.1 Å². The molecule has 0 saturated carbocycles. The second-order valence-corrected chi connectivity index (χ2v) is 7.42. The van der Waals surface area contributed by atoms with Gasteiger partial charge >= 0.3 is 0 Å². The van der Waals surface area contributed by atoms with Crippen LogP contribution in [0.15, 0.2) is 30.6 Å². The predicted molar refractivity (Wildman–Crippen MR) is 93.3 cm³/mol. The van der Waals surface area contributed by atoms with Gasteiger partial charge in [0.1, 0.15) is 10.8 Å². The van der Waals surface area contributed by atoms with E-state index in [9.17, 15) is 4.79 Å². The lowest BCUT2D eigenvalue weighted by molar-refractivity contribution is -0.117. The summed E-state index contributed by atoms with van der Waals surface area (Å²) in [6, 6.07) is 5.92. The van der Waals surface area contributed by atoms with Crippen molar-refractivity contribution in [2.24, 2.45) is 5.92 Å². The molecule has 0 amide bonds. The van der Waals surface area contributed by atoms with Crippen molar-refractivity contribution in [3.63, 3.8) is 0 Å². The Morgan fingerprint density at radius 3 is 2.83 bits per heavy atom. The van der Waals surface area contributed by atoms with Crippen LogP contribution in [0.2, 0.25) is 0 Å². The lowest BCUT2D eigenvalue weighted by Gasteiger charge is -2.31. The van der Waals surface area contributed by atoms with Crippen LogP contribution in [0.3, 0.4) is 0 Å². The van der Waals surface area contributed by atoms with Crippen LogP contribution in [-0.2, 0) is 11.3 Å². The van der Waals surface area contributed by atoms with Crippen LogP contribution < -0.4 is 0 Å². The van der Waals surface area contributed by atoms with Crippen LogP contribution in [0.5, 0.6) is 0 Å². The molecule has 0 spiro atoms. The van der Waals surface area contributed by atoms with Gasteiger partial charge in [0.15, 0.2) is 0 Å². The highest BCUT2D eigenvalue weighted by atomic mass is 32.1. The van der Waals surface area contributed by atoms with E-state index in [4.69, 9.17) is 0 Å². The molecule has 5 heteroatoms. The number of rotatable bonds is 6. The average molecular weight is 329 g/mol. The first-order valence-corrected chi connectivity index (χ1v) is 9.10. The first kappa shape index (κ1) is 16.3. The third kappa shape index (κ3) is 4.69. The Bertz CT molecular complexity index is 633. The summed E-state index contributed by atoms with van der Waals surface area (Å²) in [5.74, 6) is 1.04. The highest BCUT2D eigenvalue weighted by molar-refractivity contribution is 7.14. The molecule has 0 bridgehead atoms. The minimum atomic E-state index is 0.319. The number of pyridine rings is 1. The summed E-state index contributed by atoms with van der Waals surface area (Å²) in [6.07, 6.45) is 8.01. The quantitative estimate of drug-likeness (QED) is 0.809. The number of piperidine rings is 1. The lowest BCUT2D eigenvalue weighted by Crippen LogP contribution is -2.33. The number of thiazole rings is 1. The van der Waals surface area contributed by atoms with E-state index < -0.39 is 0 Å². The van der Waals surface area contributed by atoms with E-state index in [-0.39, 0.29) is 0 Å². The number of carbonyl (C=O) groups excluding carboxylic acids is 1. The number of Topliss-reactive ketones (excluding diaryl/α,β-unsaturated/α-hetero) is 1. The van der Waals surface area contributed by atoms with E-state index in [1.54, 1.807) is 18.3 Å². The fraction of sp³-hybridized carbons (Fsp3) is 0.500. The number of likely N-dealkylation sites (tertiary alicyclic amines) is 1. The predicted octanol–water partition coefficient (Wildman–Crippen LogP) is 3.79. The summed E-state index contributed by atoms with van der Waals surface area (Å²) < 4.78 is 0. The van der Waals surface area contributed by atoms with Gasteiger partial charge in [0.05, 0.1) is 5.69 Å². The van der Waals surface area contributed by atoms with Gasteiger partial charge in [0.2, 0.25) is 0 Å². The molecule has 2 aromatic heterocycles. The summed E-state index contributed by atoms with van der Waals surface area (Å²) in [5, 5.41) is 0.997. The number of carbonyl (C=O) groups is 1. The first-order valence-electron chi connectivity index (χ1n) is 8.28. The van der Waals surface area contributed by atoms with Crippen LogP contribution in [0.1, 0.15) is 37.5 Å². The van der Waals surface area contributed by atoms with E-state index in [1.807, 2.05) is 30.6 Å². The van der Waals surface area contributed by atoms with E-state index in [0.717, 1.165) is 49.1 Å². The molecule has 0 aromatic carbocycles. The minimum absolute atomic E-state index is 0.319. The van der Waals surface area contributed by atoms with Crippen molar-refractivity contribution >= 4 is 17.1 Å². The van der Waals surface area contributed by atoms with Crippen molar-refractivity contribution in [3.8, 4) is 10.7 Å². The van der Waals surface area contributed by atoms with Gasteiger partial charge in [-0.1, -0.05) is 6.07 Å². The van der Waals surface area contributed by atoms with Gasteiger partial charge < -0.3 is 4.79 Å². The minimum Gasteiger partial charge on any atom is -0.300 e. The zero-order valence-corrected chi connectivity index (χ0v) is 14.4. The molecule has 0 unspecified atom stereocenters. The Morgan fingerprint density at radius 2 is 2.13 bits per heavy atom. The van der Waals surface area contributed by atoms with E-state index >= 15 is 0 Å². The summed E-state index contributed by atoms with van der Waals surface area (Å²) in [6.45, 7) is 4.92. The molecule has 3 rings (SSSR count). The third-order valence-electron chi connectivity index (χ3n) is 4.43. The molecule has 0 atom stereocenters. The number of hydrogen-bond donors (Lipinski definition) is 0. The smallest absolute Gasteiger partial charge is 0.142 e. The van der Waals surface area contributed by atoms with Gasteiger partial charge in [0, 0.05) is 30.2 Å². The van der Waals surface area contributed by atoms with Crippen LogP contribution >= 0.6 is 11.3 Å². The Labute approximate surface area is 141 Å². The zero-order valence-electron chi connectivity index (χ0n) is 13.6. The molecule has 0 radical (unpaired) electrons. The second-order valence-electron chi connectivity index (χ2n) is 6.31. The van der Waals surface area contributed by atoms with Crippen molar-refractivity contribution in [1.82, 2.24) is 14.9 Å². The Kier molecular flexibility index (Phi) is 5.51. The first-order chi connectivity index (χ1) is 11.2. The van der Waals surface area contributed by atoms with Crippen molar-refractivity contribution in [1.29, 1.82) is 0 Å². The second kappa shape index (κ2) is 7.79. The Hall–Kier alpha value is -1.59. The fourth-order valence-corrected chi connectivity index (χ4v) is 3.98. The van der Waals surface area contributed by atoms with Gasteiger partial charge in [-0.3, -0.25) is 9.88 Å². The van der Waals surface area contributed by atoms with Gasteiger partial charge in [-0.15, -0.1) is 11.3 Å². The molecule has 1 fully saturated rings. The third-order valence-corrected chi connectivity index (χ3v) is 5.43. The molecule has 1 aliphatic heterocycles. The van der Waals surface area contributed by atoms with Crippen molar-refractivity contribution in [2.75, 3.05) is 13.1 Å². The summed E-state index contributed by atoms with van der Waals surface area (Å²) in [7, 11) is 0. The SMILES string of the molecule is CC(=O)CCC1CCN(Cc2cnc(-c3ccccn3)s2)CC1. The van der Waals surface area contributed by atoms with E-state index in [1.165, 1.54) is 17.7 Å². The molecule has 4 nitrogen and oxygen atoms in total. The maximum atomic E-state index is 11.1. The average Bonchev–Trinajstić information content (AvgIpc) is 3.03. The van der Waals surface area contributed by atoms with E-state index in [0.29, 0.717) is 5.78 Å². The number of hydrogen-bond acceptors (Lipinski definition) is 5. The molecule has 1 saturated heterocycles.